The number of nitrogens with zero attached hydrogens (tertiary/aromatic N) is 3. The van der Waals surface area contributed by atoms with Gasteiger partial charge in [-0.1, -0.05) is 0 Å². The average Bonchev–Trinajstić information content (AvgIpc) is 2.86. The highest BCUT2D eigenvalue weighted by Crippen LogP contribution is 2.25. The molecular formula is C10H12N4O2S. The summed E-state index contributed by atoms with van der Waals surface area (Å²) in [6.45, 7) is 2.40. The second-order valence-corrected chi connectivity index (χ2v) is 4.85. The molecule has 0 aromatic carbocycles. The van der Waals surface area contributed by atoms with E-state index in [1.807, 2.05) is 11.9 Å². The van der Waals surface area contributed by atoms with Crippen LogP contribution < -0.4 is 4.90 Å². The van der Waals surface area contributed by atoms with Crippen molar-refractivity contribution in [1.82, 2.24) is 15.2 Å². The lowest BCUT2D eigenvalue weighted by atomic mass is 10.3. The van der Waals surface area contributed by atoms with Crippen LogP contribution >= 0.6 is 11.3 Å². The van der Waals surface area contributed by atoms with Crippen molar-refractivity contribution in [3.8, 4) is 0 Å². The van der Waals surface area contributed by atoms with Crippen molar-refractivity contribution in [2.75, 3.05) is 11.9 Å². The molecule has 0 aliphatic carbocycles. The molecule has 0 bridgehead atoms. The summed E-state index contributed by atoms with van der Waals surface area (Å²) in [5.41, 5.74) is 1.15. The summed E-state index contributed by atoms with van der Waals surface area (Å²) in [6.07, 6.45) is 3.53. The predicted molar refractivity (Wildman–Crippen MR) is 64.5 cm³/mol. The minimum Gasteiger partial charge on any atom is -0.476 e. The van der Waals surface area contributed by atoms with Crippen molar-refractivity contribution in [2.45, 2.75) is 13.5 Å². The first kappa shape index (κ1) is 11.6. The number of thiazole rings is 1. The molecule has 0 aliphatic heterocycles. The Labute approximate surface area is 102 Å². The Morgan fingerprint density at radius 2 is 2.41 bits per heavy atom. The van der Waals surface area contributed by atoms with Gasteiger partial charge in [0.15, 0.2) is 10.8 Å². The zero-order valence-corrected chi connectivity index (χ0v) is 10.3. The first-order valence-corrected chi connectivity index (χ1v) is 5.79. The van der Waals surface area contributed by atoms with Gasteiger partial charge in [-0.05, 0) is 6.92 Å². The second kappa shape index (κ2) is 4.54. The Morgan fingerprint density at radius 1 is 1.65 bits per heavy atom. The van der Waals surface area contributed by atoms with Crippen LogP contribution in [0.25, 0.3) is 0 Å². The van der Waals surface area contributed by atoms with Gasteiger partial charge in [-0.3, -0.25) is 5.10 Å². The van der Waals surface area contributed by atoms with Gasteiger partial charge in [-0.25, -0.2) is 9.78 Å². The number of carbonyl (C=O) groups is 1. The van der Waals surface area contributed by atoms with Gasteiger partial charge < -0.3 is 10.0 Å². The quantitative estimate of drug-likeness (QED) is 0.861. The summed E-state index contributed by atoms with van der Waals surface area (Å²) in [6, 6.07) is 0. The molecule has 17 heavy (non-hydrogen) atoms. The van der Waals surface area contributed by atoms with Crippen LogP contribution in [0.15, 0.2) is 12.4 Å². The van der Waals surface area contributed by atoms with Crippen LogP contribution in [-0.2, 0) is 6.54 Å². The van der Waals surface area contributed by atoms with Gasteiger partial charge in [0.05, 0.1) is 6.20 Å². The first-order chi connectivity index (χ1) is 8.08. The van der Waals surface area contributed by atoms with E-state index in [2.05, 4.69) is 15.2 Å². The number of rotatable bonds is 4. The largest absolute Gasteiger partial charge is 0.476 e. The first-order valence-electron chi connectivity index (χ1n) is 4.97. The molecule has 0 saturated carbocycles. The standard InChI is InChI=1S/C10H12N4O2S/c1-6-8(9(15)16)13-10(17-6)14(2)5-7-3-11-12-4-7/h3-4H,5H2,1-2H3,(H,11,12)(H,15,16). The number of anilines is 1. The third-order valence-corrected chi connectivity index (χ3v) is 3.37. The third kappa shape index (κ3) is 2.44. The molecule has 2 aromatic heterocycles. The molecule has 0 amide bonds. The molecule has 0 unspecified atom stereocenters. The fourth-order valence-corrected chi connectivity index (χ4v) is 2.31. The van der Waals surface area contributed by atoms with Crippen LogP contribution in [0, 0.1) is 6.92 Å². The molecule has 2 N–H and O–H groups in total. The molecule has 0 radical (unpaired) electrons. The minimum atomic E-state index is -0.985. The van der Waals surface area contributed by atoms with E-state index < -0.39 is 5.97 Å². The molecule has 2 rings (SSSR count). The number of aromatic nitrogens is 3. The van der Waals surface area contributed by atoms with E-state index in [-0.39, 0.29) is 5.69 Å². The summed E-state index contributed by atoms with van der Waals surface area (Å²) in [7, 11) is 1.87. The summed E-state index contributed by atoms with van der Waals surface area (Å²) < 4.78 is 0. The van der Waals surface area contributed by atoms with Gasteiger partial charge >= 0.3 is 5.97 Å². The number of aromatic amines is 1. The number of hydrogen-bond acceptors (Lipinski definition) is 5. The van der Waals surface area contributed by atoms with E-state index in [0.29, 0.717) is 16.6 Å². The van der Waals surface area contributed by atoms with Crippen molar-refractivity contribution >= 4 is 22.4 Å². The van der Waals surface area contributed by atoms with E-state index in [0.717, 1.165) is 5.56 Å². The number of carboxylic acids is 1. The summed E-state index contributed by atoms with van der Waals surface area (Å²) in [5, 5.41) is 16.2. The van der Waals surface area contributed by atoms with Crippen LogP contribution in [0.2, 0.25) is 0 Å². The average molecular weight is 252 g/mol. The second-order valence-electron chi connectivity index (χ2n) is 3.67. The van der Waals surface area contributed by atoms with E-state index in [1.165, 1.54) is 11.3 Å². The maximum absolute atomic E-state index is 10.9. The van der Waals surface area contributed by atoms with Crippen LogP contribution in [0.3, 0.4) is 0 Å². The zero-order chi connectivity index (χ0) is 12.4. The number of H-pyrrole nitrogens is 1. The zero-order valence-electron chi connectivity index (χ0n) is 9.47. The molecule has 90 valence electrons. The monoisotopic (exact) mass is 252 g/mol. The fourth-order valence-electron chi connectivity index (χ4n) is 1.45. The minimum absolute atomic E-state index is 0.129. The van der Waals surface area contributed by atoms with Crippen molar-refractivity contribution in [1.29, 1.82) is 0 Å². The maximum Gasteiger partial charge on any atom is 0.355 e. The molecule has 0 aliphatic rings. The fraction of sp³-hybridized carbons (Fsp3) is 0.300. The topological polar surface area (TPSA) is 82.1 Å². The molecule has 6 nitrogen and oxygen atoms in total. The highest BCUT2D eigenvalue weighted by atomic mass is 32.1. The Morgan fingerprint density at radius 3 is 2.94 bits per heavy atom. The van der Waals surface area contributed by atoms with Crippen molar-refractivity contribution < 1.29 is 9.90 Å². The molecule has 7 heteroatoms. The van der Waals surface area contributed by atoms with Gasteiger partial charge in [-0.2, -0.15) is 5.10 Å². The molecule has 0 fully saturated rings. The van der Waals surface area contributed by atoms with E-state index >= 15 is 0 Å². The normalized spacial score (nSPS) is 10.5. The van der Waals surface area contributed by atoms with Crippen molar-refractivity contribution in [3.63, 3.8) is 0 Å². The summed E-state index contributed by atoms with van der Waals surface area (Å²) in [5.74, 6) is -0.985. The van der Waals surface area contributed by atoms with Crippen molar-refractivity contribution in [3.05, 3.63) is 28.5 Å². The van der Waals surface area contributed by atoms with E-state index in [1.54, 1.807) is 19.3 Å². The lowest BCUT2D eigenvalue weighted by Gasteiger charge is -2.13. The number of carboxylic acid groups (broad SMARTS) is 1. The molecule has 2 aromatic rings. The molecule has 0 atom stereocenters. The molecule has 0 spiro atoms. The molecule has 0 saturated heterocycles. The third-order valence-electron chi connectivity index (χ3n) is 2.29. The lowest BCUT2D eigenvalue weighted by molar-refractivity contribution is 0.0690. The van der Waals surface area contributed by atoms with Crippen LogP contribution in [0.5, 0.6) is 0 Å². The highest BCUT2D eigenvalue weighted by molar-refractivity contribution is 7.15. The Balaban J connectivity index is 2.17. The van der Waals surface area contributed by atoms with Gasteiger partial charge in [0, 0.05) is 30.2 Å². The SMILES string of the molecule is Cc1sc(N(C)Cc2cn[nH]c2)nc1C(=O)O. The number of hydrogen-bond donors (Lipinski definition) is 2. The van der Waals surface area contributed by atoms with Gasteiger partial charge in [-0.15, -0.1) is 11.3 Å². The van der Waals surface area contributed by atoms with Gasteiger partial charge in [0.1, 0.15) is 0 Å². The highest BCUT2D eigenvalue weighted by Gasteiger charge is 2.16. The van der Waals surface area contributed by atoms with Crippen molar-refractivity contribution in [2.24, 2.45) is 0 Å². The number of aryl methyl sites for hydroxylation is 1. The number of aromatic carboxylic acids is 1. The molecule has 2 heterocycles. The number of nitrogens with one attached hydrogen (secondary N) is 1. The predicted octanol–water partition coefficient (Wildman–Crippen LogP) is 1.51. The Hall–Kier alpha value is -1.89. The summed E-state index contributed by atoms with van der Waals surface area (Å²) >= 11 is 1.38. The Kier molecular flexibility index (Phi) is 3.10. The Bertz CT molecular complexity index is 520. The van der Waals surface area contributed by atoms with Crippen LogP contribution in [0.1, 0.15) is 20.9 Å². The van der Waals surface area contributed by atoms with Gasteiger partial charge in [0.25, 0.3) is 0 Å². The van der Waals surface area contributed by atoms with E-state index in [9.17, 15) is 4.79 Å². The molecular weight excluding hydrogens is 240 g/mol. The van der Waals surface area contributed by atoms with E-state index in [4.69, 9.17) is 5.11 Å². The van der Waals surface area contributed by atoms with Crippen LogP contribution in [-0.4, -0.2) is 33.3 Å². The summed E-state index contributed by atoms with van der Waals surface area (Å²) in [4.78, 5) is 17.6. The maximum atomic E-state index is 10.9. The lowest BCUT2D eigenvalue weighted by Crippen LogP contribution is -2.16. The van der Waals surface area contributed by atoms with Crippen LogP contribution in [0.4, 0.5) is 5.13 Å². The van der Waals surface area contributed by atoms with Gasteiger partial charge in [0.2, 0.25) is 0 Å². The smallest absolute Gasteiger partial charge is 0.355 e.